The smallest absolute Gasteiger partial charge is 0.229 e. The minimum atomic E-state index is -2.71. The fraction of sp³-hybridized carbons (Fsp3) is 0.143. The lowest BCUT2D eigenvalue weighted by Gasteiger charge is -2.14. The summed E-state index contributed by atoms with van der Waals surface area (Å²) >= 11 is 0. The minimum Gasteiger partial charge on any atom is -0.321 e. The monoisotopic (exact) mass is 246 g/mol. The van der Waals surface area contributed by atoms with Crippen molar-refractivity contribution in [3.8, 4) is 0 Å². The van der Waals surface area contributed by atoms with Gasteiger partial charge in [-0.15, -0.1) is 0 Å². The molecule has 3 heteroatoms. The van der Waals surface area contributed by atoms with Crippen molar-refractivity contribution in [2.45, 2.75) is 6.61 Å². The molecule has 2 aromatic rings. The molecule has 0 saturated heterocycles. The van der Waals surface area contributed by atoms with Crippen LogP contribution >= 0.6 is 7.37 Å². The first-order valence-corrected chi connectivity index (χ1v) is 7.57. The Hall–Kier alpha value is -1.37. The summed E-state index contributed by atoms with van der Waals surface area (Å²) in [6.07, 6.45) is 0. The van der Waals surface area contributed by atoms with E-state index in [1.165, 1.54) is 0 Å². The highest BCUT2D eigenvalue weighted by Gasteiger charge is 2.18. The van der Waals surface area contributed by atoms with Gasteiger partial charge in [-0.1, -0.05) is 48.5 Å². The molecule has 1 atom stereocenters. The van der Waals surface area contributed by atoms with Gasteiger partial charge in [0.15, 0.2) is 0 Å². The molecule has 0 amide bonds. The summed E-state index contributed by atoms with van der Waals surface area (Å²) in [6.45, 7) is 2.04. The zero-order valence-corrected chi connectivity index (χ0v) is 10.6. The van der Waals surface area contributed by atoms with E-state index in [-0.39, 0.29) is 0 Å². The van der Waals surface area contributed by atoms with Crippen LogP contribution < -0.4 is 5.30 Å². The van der Waals surface area contributed by atoms with Gasteiger partial charge >= 0.3 is 0 Å². The molecule has 88 valence electrons. The molecule has 0 aromatic heterocycles. The van der Waals surface area contributed by atoms with E-state index in [1.807, 2.05) is 60.7 Å². The number of rotatable bonds is 4. The Kier molecular flexibility index (Phi) is 3.78. The molecule has 2 aromatic carbocycles. The summed E-state index contributed by atoms with van der Waals surface area (Å²) in [5.41, 5.74) is 1.03. The highest BCUT2D eigenvalue weighted by atomic mass is 31.2. The highest BCUT2D eigenvalue weighted by Crippen LogP contribution is 2.41. The molecule has 0 aliphatic rings. The number of benzene rings is 2. The Morgan fingerprint density at radius 2 is 1.47 bits per heavy atom. The highest BCUT2D eigenvalue weighted by molar-refractivity contribution is 7.66. The molecule has 0 spiro atoms. The first kappa shape index (κ1) is 12.1. The average Bonchev–Trinajstić information content (AvgIpc) is 2.39. The minimum absolute atomic E-state index is 0.378. The van der Waals surface area contributed by atoms with Crippen LogP contribution in [0.15, 0.2) is 60.7 Å². The van der Waals surface area contributed by atoms with E-state index in [9.17, 15) is 4.57 Å². The topological polar surface area (TPSA) is 26.3 Å². The van der Waals surface area contributed by atoms with Gasteiger partial charge in [0.25, 0.3) is 0 Å². The Morgan fingerprint density at radius 3 is 2.06 bits per heavy atom. The van der Waals surface area contributed by atoms with Crippen LogP contribution in [0.5, 0.6) is 0 Å². The van der Waals surface area contributed by atoms with Crippen LogP contribution in [0.3, 0.4) is 0 Å². The lowest BCUT2D eigenvalue weighted by molar-refractivity contribution is 0.313. The summed E-state index contributed by atoms with van der Waals surface area (Å²) in [4.78, 5) is 0. The molecule has 2 rings (SSSR count). The lowest BCUT2D eigenvalue weighted by atomic mass is 10.2. The van der Waals surface area contributed by atoms with Crippen molar-refractivity contribution in [2.24, 2.45) is 0 Å². The van der Waals surface area contributed by atoms with Gasteiger partial charge in [-0.25, -0.2) is 0 Å². The van der Waals surface area contributed by atoms with Crippen LogP contribution in [0, 0.1) is 0 Å². The summed E-state index contributed by atoms with van der Waals surface area (Å²) < 4.78 is 17.9. The summed E-state index contributed by atoms with van der Waals surface area (Å²) in [6, 6.07) is 19.1. The van der Waals surface area contributed by atoms with E-state index in [2.05, 4.69) is 0 Å². The largest absolute Gasteiger partial charge is 0.321 e. The third-order valence-corrected chi connectivity index (χ3v) is 4.40. The van der Waals surface area contributed by atoms with Gasteiger partial charge in [-0.3, -0.25) is 4.57 Å². The molecule has 0 bridgehead atoms. The van der Waals surface area contributed by atoms with Crippen molar-refractivity contribution in [1.29, 1.82) is 0 Å². The predicted octanol–water partition coefficient (Wildman–Crippen LogP) is 3.44. The van der Waals surface area contributed by atoms with E-state index in [1.54, 1.807) is 6.66 Å². The van der Waals surface area contributed by atoms with Gasteiger partial charge in [0.05, 0.1) is 6.61 Å². The van der Waals surface area contributed by atoms with Gasteiger partial charge in [-0.2, -0.15) is 0 Å². The third kappa shape index (κ3) is 3.29. The van der Waals surface area contributed by atoms with Crippen LogP contribution in [0.25, 0.3) is 0 Å². The maximum absolute atomic E-state index is 12.4. The Labute approximate surface area is 102 Å². The maximum Gasteiger partial charge on any atom is 0.229 e. The molecule has 0 N–H and O–H groups in total. The van der Waals surface area contributed by atoms with E-state index in [0.717, 1.165) is 10.9 Å². The molecule has 0 heterocycles. The van der Waals surface area contributed by atoms with Crippen molar-refractivity contribution in [2.75, 3.05) is 6.66 Å². The van der Waals surface area contributed by atoms with Crippen LogP contribution in [0.1, 0.15) is 5.56 Å². The fourth-order valence-electron chi connectivity index (χ4n) is 1.55. The summed E-state index contributed by atoms with van der Waals surface area (Å²) in [5.74, 6) is 0. The van der Waals surface area contributed by atoms with Gasteiger partial charge in [0.2, 0.25) is 7.37 Å². The van der Waals surface area contributed by atoms with Crippen LogP contribution in [-0.2, 0) is 15.7 Å². The first-order chi connectivity index (χ1) is 8.18. The Morgan fingerprint density at radius 1 is 0.941 bits per heavy atom. The van der Waals surface area contributed by atoms with Crippen molar-refractivity contribution in [3.05, 3.63) is 66.2 Å². The third-order valence-electron chi connectivity index (χ3n) is 2.55. The summed E-state index contributed by atoms with van der Waals surface area (Å²) in [7, 11) is -2.71. The molecular weight excluding hydrogens is 231 g/mol. The lowest BCUT2D eigenvalue weighted by Crippen LogP contribution is -2.05. The van der Waals surface area contributed by atoms with Gasteiger partial charge in [0, 0.05) is 12.0 Å². The maximum atomic E-state index is 12.4. The Balaban J connectivity index is 2.06. The molecule has 1 unspecified atom stereocenters. The molecular formula is C14H15O2P. The molecule has 0 saturated carbocycles. The molecule has 0 aliphatic carbocycles. The van der Waals surface area contributed by atoms with E-state index in [0.29, 0.717) is 6.61 Å². The SMILES string of the molecule is CP(=O)(OCc1ccccc1)c1ccccc1. The van der Waals surface area contributed by atoms with Crippen LogP contribution in [0.2, 0.25) is 0 Å². The number of hydrogen-bond donors (Lipinski definition) is 0. The zero-order valence-electron chi connectivity index (χ0n) is 9.74. The molecule has 2 nitrogen and oxygen atoms in total. The van der Waals surface area contributed by atoms with E-state index in [4.69, 9.17) is 4.52 Å². The fourth-order valence-corrected chi connectivity index (χ4v) is 2.80. The van der Waals surface area contributed by atoms with Crippen LogP contribution in [0.4, 0.5) is 0 Å². The second-order valence-electron chi connectivity index (χ2n) is 3.94. The number of hydrogen-bond acceptors (Lipinski definition) is 2. The average molecular weight is 246 g/mol. The molecule has 17 heavy (non-hydrogen) atoms. The molecule has 0 aliphatic heterocycles. The Bertz CT molecular complexity index is 508. The molecule has 0 radical (unpaired) electrons. The summed E-state index contributed by atoms with van der Waals surface area (Å²) in [5, 5.41) is 0.760. The van der Waals surface area contributed by atoms with Crippen molar-refractivity contribution in [3.63, 3.8) is 0 Å². The van der Waals surface area contributed by atoms with Crippen molar-refractivity contribution >= 4 is 12.7 Å². The van der Waals surface area contributed by atoms with E-state index >= 15 is 0 Å². The van der Waals surface area contributed by atoms with Crippen molar-refractivity contribution < 1.29 is 9.09 Å². The quantitative estimate of drug-likeness (QED) is 0.772. The second kappa shape index (κ2) is 5.31. The normalized spacial score (nSPS) is 14.2. The standard InChI is InChI=1S/C14H15O2P/c1-17(15,14-10-6-3-7-11-14)16-12-13-8-4-2-5-9-13/h2-11H,12H2,1H3. The van der Waals surface area contributed by atoms with Gasteiger partial charge in [0.1, 0.15) is 0 Å². The zero-order chi connectivity index (χ0) is 12.1. The van der Waals surface area contributed by atoms with Crippen molar-refractivity contribution in [1.82, 2.24) is 0 Å². The van der Waals surface area contributed by atoms with Crippen LogP contribution in [-0.4, -0.2) is 6.66 Å². The molecule has 0 fully saturated rings. The van der Waals surface area contributed by atoms with Gasteiger partial charge in [-0.05, 0) is 17.7 Å². The van der Waals surface area contributed by atoms with E-state index < -0.39 is 7.37 Å². The second-order valence-corrected chi connectivity index (χ2v) is 6.41. The van der Waals surface area contributed by atoms with Gasteiger partial charge < -0.3 is 4.52 Å². The predicted molar refractivity (Wildman–Crippen MR) is 70.8 cm³/mol. The first-order valence-electron chi connectivity index (χ1n) is 5.50.